The molecular formula is C24H34ClN7O2. The second-order valence-corrected chi connectivity index (χ2v) is 11.0. The van der Waals surface area contributed by atoms with Crippen molar-refractivity contribution in [2.75, 3.05) is 57.3 Å². The Hall–Kier alpha value is -2.07. The Bertz CT molecular complexity index is 908. The third kappa shape index (κ3) is 4.23. The highest BCUT2D eigenvalue weighted by atomic mass is 35.5. The second kappa shape index (κ2) is 9.18. The van der Waals surface area contributed by atoms with Crippen molar-refractivity contribution in [3.8, 4) is 0 Å². The molecule has 0 spiro atoms. The van der Waals surface area contributed by atoms with E-state index in [1.165, 1.54) is 0 Å². The van der Waals surface area contributed by atoms with E-state index in [-0.39, 0.29) is 11.9 Å². The van der Waals surface area contributed by atoms with Crippen LogP contribution in [0.15, 0.2) is 24.3 Å². The Balaban J connectivity index is 0.982. The number of halogens is 1. The molecule has 1 aliphatic carbocycles. The lowest BCUT2D eigenvalue weighted by Crippen LogP contribution is -2.53. The van der Waals surface area contributed by atoms with E-state index in [1.54, 1.807) is 0 Å². The van der Waals surface area contributed by atoms with E-state index in [1.807, 2.05) is 34.1 Å². The molecule has 0 aromatic heterocycles. The van der Waals surface area contributed by atoms with Gasteiger partial charge < -0.3 is 19.6 Å². The van der Waals surface area contributed by atoms with Crippen LogP contribution in [0.2, 0.25) is 5.02 Å². The van der Waals surface area contributed by atoms with Gasteiger partial charge in [0.05, 0.1) is 0 Å². The number of fused-ring (bicyclic) bond motifs is 2. The Labute approximate surface area is 205 Å². The first-order valence-electron chi connectivity index (χ1n) is 12.6. The zero-order chi connectivity index (χ0) is 23.2. The molecule has 4 aliphatic heterocycles. The molecule has 4 heterocycles. The fraction of sp³-hybridized carbons (Fsp3) is 0.667. The van der Waals surface area contributed by atoms with E-state index in [2.05, 4.69) is 26.2 Å². The van der Waals surface area contributed by atoms with E-state index in [4.69, 9.17) is 11.6 Å². The highest BCUT2D eigenvalue weighted by Gasteiger charge is 2.46. The lowest BCUT2D eigenvalue weighted by molar-refractivity contribution is -0.136. The predicted octanol–water partition coefficient (Wildman–Crippen LogP) is 1.12. The summed E-state index contributed by atoms with van der Waals surface area (Å²) in [4.78, 5) is 34.8. The van der Waals surface area contributed by atoms with Crippen LogP contribution in [0.3, 0.4) is 0 Å². The minimum absolute atomic E-state index is 0.115. The molecule has 4 saturated heterocycles. The topological polar surface area (TPSA) is 83.2 Å². The summed E-state index contributed by atoms with van der Waals surface area (Å²) in [6.45, 7) is 6.28. The van der Waals surface area contributed by atoms with Gasteiger partial charge in [0.15, 0.2) is 0 Å². The second-order valence-electron chi connectivity index (χ2n) is 10.5. The van der Waals surface area contributed by atoms with Crippen molar-refractivity contribution < 1.29 is 9.59 Å². The number of nitrogens with one attached hydrogen (secondary N) is 3. The molecule has 3 unspecified atom stereocenters. The van der Waals surface area contributed by atoms with Crippen LogP contribution >= 0.6 is 11.6 Å². The van der Waals surface area contributed by atoms with Gasteiger partial charge in [-0.15, -0.1) is 0 Å². The van der Waals surface area contributed by atoms with E-state index in [0.717, 1.165) is 82.3 Å². The summed E-state index contributed by atoms with van der Waals surface area (Å²) in [6, 6.07) is 8.82. The number of benzene rings is 1. The van der Waals surface area contributed by atoms with E-state index in [9.17, 15) is 9.59 Å². The van der Waals surface area contributed by atoms with Crippen LogP contribution in [-0.4, -0.2) is 91.1 Å². The first-order valence-corrected chi connectivity index (χ1v) is 13.0. The number of nitrogens with zero attached hydrogens (tertiary/aromatic N) is 4. The standard InChI is InChI=1S/C24H34ClN7O2/c25-19-2-4-20(5-3-19)29-7-9-30(10-8-29)24(34)32-14-17-12-31(13-18(17)15-32)23(33)16-1-6-21-22(11-16)27-28-26-21/h2-5,16-18,21-22,26-28H,1,6-15H2/t16?,17-,18-,21?,22?/m0/s1. The molecule has 3 N–H and O–H groups in total. The number of amides is 3. The number of hydrazine groups is 2. The summed E-state index contributed by atoms with van der Waals surface area (Å²) in [5.74, 6) is 1.25. The Morgan fingerprint density at radius 3 is 2.15 bits per heavy atom. The molecule has 1 aromatic carbocycles. The Kier molecular flexibility index (Phi) is 6.05. The molecule has 5 atom stereocenters. The average Bonchev–Trinajstić information content (AvgIpc) is 3.58. The minimum atomic E-state index is 0.115. The summed E-state index contributed by atoms with van der Waals surface area (Å²) in [5.41, 5.74) is 10.6. The number of hydrogen-bond acceptors (Lipinski definition) is 6. The van der Waals surface area contributed by atoms with Crippen molar-refractivity contribution in [2.24, 2.45) is 17.8 Å². The van der Waals surface area contributed by atoms with E-state index < -0.39 is 0 Å². The molecule has 10 heteroatoms. The normalized spacial score (nSPS) is 33.3. The lowest BCUT2D eigenvalue weighted by Gasteiger charge is -2.38. The molecule has 1 aromatic rings. The zero-order valence-corrected chi connectivity index (χ0v) is 20.2. The highest BCUT2D eigenvalue weighted by molar-refractivity contribution is 6.30. The van der Waals surface area contributed by atoms with Crippen LogP contribution < -0.4 is 21.3 Å². The van der Waals surface area contributed by atoms with Crippen LogP contribution in [0, 0.1) is 17.8 Å². The van der Waals surface area contributed by atoms with Crippen molar-refractivity contribution in [3.63, 3.8) is 0 Å². The smallest absolute Gasteiger partial charge is 0.320 e. The maximum atomic E-state index is 13.2. The van der Waals surface area contributed by atoms with Crippen molar-refractivity contribution >= 4 is 29.2 Å². The fourth-order valence-corrected chi connectivity index (χ4v) is 6.68. The summed E-state index contributed by atoms with van der Waals surface area (Å²) < 4.78 is 0. The first-order chi connectivity index (χ1) is 16.5. The fourth-order valence-electron chi connectivity index (χ4n) is 6.55. The third-order valence-corrected chi connectivity index (χ3v) is 8.78. The average molecular weight is 488 g/mol. The molecule has 1 saturated carbocycles. The summed E-state index contributed by atoms with van der Waals surface area (Å²) in [6.07, 6.45) is 2.87. The van der Waals surface area contributed by atoms with Gasteiger partial charge in [0, 0.05) is 92.9 Å². The molecule has 6 rings (SSSR count). The molecule has 9 nitrogen and oxygen atoms in total. The van der Waals surface area contributed by atoms with Crippen molar-refractivity contribution in [1.29, 1.82) is 0 Å². The Morgan fingerprint density at radius 2 is 1.44 bits per heavy atom. The number of carbonyl (C=O) groups is 2. The SMILES string of the molecule is O=C(C1CCC2NNNC2C1)N1C[C@H]2CN(C(=O)N3CCN(c4ccc(Cl)cc4)CC3)C[C@@H]2C1. The number of anilines is 1. The van der Waals surface area contributed by atoms with Gasteiger partial charge in [0.1, 0.15) is 0 Å². The van der Waals surface area contributed by atoms with Crippen LogP contribution in [0.1, 0.15) is 19.3 Å². The van der Waals surface area contributed by atoms with Gasteiger partial charge in [-0.25, -0.2) is 15.6 Å². The molecule has 34 heavy (non-hydrogen) atoms. The van der Waals surface area contributed by atoms with Crippen LogP contribution in [0.25, 0.3) is 0 Å². The van der Waals surface area contributed by atoms with Gasteiger partial charge in [0.2, 0.25) is 5.91 Å². The summed E-state index contributed by atoms with van der Waals surface area (Å²) >= 11 is 6.01. The molecule has 0 bridgehead atoms. The third-order valence-electron chi connectivity index (χ3n) is 8.53. The van der Waals surface area contributed by atoms with Gasteiger partial charge in [-0.2, -0.15) is 5.53 Å². The molecule has 5 fully saturated rings. The predicted molar refractivity (Wildman–Crippen MR) is 130 cm³/mol. The number of rotatable bonds is 2. The van der Waals surface area contributed by atoms with Gasteiger partial charge in [-0.3, -0.25) is 4.79 Å². The van der Waals surface area contributed by atoms with Crippen LogP contribution in [0.5, 0.6) is 0 Å². The number of likely N-dealkylation sites (tertiary alicyclic amines) is 2. The number of urea groups is 1. The van der Waals surface area contributed by atoms with Gasteiger partial charge in [-0.1, -0.05) is 11.6 Å². The van der Waals surface area contributed by atoms with Crippen molar-refractivity contribution in [1.82, 2.24) is 31.1 Å². The largest absolute Gasteiger partial charge is 0.368 e. The van der Waals surface area contributed by atoms with Crippen molar-refractivity contribution in [3.05, 3.63) is 29.3 Å². The van der Waals surface area contributed by atoms with Crippen molar-refractivity contribution in [2.45, 2.75) is 31.3 Å². The monoisotopic (exact) mass is 487 g/mol. The highest BCUT2D eigenvalue weighted by Crippen LogP contribution is 2.35. The van der Waals surface area contributed by atoms with Gasteiger partial charge in [0.25, 0.3) is 0 Å². The van der Waals surface area contributed by atoms with Gasteiger partial charge >= 0.3 is 6.03 Å². The molecular weight excluding hydrogens is 454 g/mol. The van der Waals surface area contributed by atoms with Gasteiger partial charge in [-0.05, 0) is 43.5 Å². The zero-order valence-electron chi connectivity index (χ0n) is 19.5. The quantitative estimate of drug-likeness (QED) is 0.580. The van der Waals surface area contributed by atoms with Crippen LogP contribution in [-0.2, 0) is 4.79 Å². The maximum Gasteiger partial charge on any atom is 0.320 e. The van der Waals surface area contributed by atoms with Crippen LogP contribution in [0.4, 0.5) is 10.5 Å². The Morgan fingerprint density at radius 1 is 0.794 bits per heavy atom. The summed E-state index contributed by atoms with van der Waals surface area (Å²) in [7, 11) is 0. The lowest BCUT2D eigenvalue weighted by atomic mass is 9.82. The number of piperazine rings is 1. The molecule has 0 radical (unpaired) electrons. The molecule has 184 valence electrons. The summed E-state index contributed by atoms with van der Waals surface area (Å²) in [5, 5.41) is 0.741. The maximum absolute atomic E-state index is 13.2. The minimum Gasteiger partial charge on any atom is -0.368 e. The number of hydrogen-bond donors (Lipinski definition) is 3. The van der Waals surface area contributed by atoms with E-state index >= 15 is 0 Å². The molecule has 5 aliphatic rings. The van der Waals surface area contributed by atoms with E-state index in [0.29, 0.717) is 29.8 Å². The molecule has 3 amide bonds. The number of carbonyl (C=O) groups excluding carboxylic acids is 2. The first kappa shape index (κ1) is 22.4.